The van der Waals surface area contributed by atoms with Gasteiger partial charge < -0.3 is 21.3 Å². The Morgan fingerprint density at radius 1 is 1.56 bits per heavy atom. The average Bonchev–Trinajstić information content (AvgIpc) is 2.35. The summed E-state index contributed by atoms with van der Waals surface area (Å²) in [5.41, 5.74) is 7.24. The van der Waals surface area contributed by atoms with E-state index in [1.54, 1.807) is 12.1 Å². The third-order valence-electron chi connectivity index (χ3n) is 3.33. The van der Waals surface area contributed by atoms with E-state index in [4.69, 9.17) is 5.73 Å². The van der Waals surface area contributed by atoms with Gasteiger partial charge in [0.15, 0.2) is 0 Å². The van der Waals surface area contributed by atoms with Crippen molar-refractivity contribution in [3.63, 3.8) is 0 Å². The second-order valence-corrected chi connectivity index (χ2v) is 4.65. The first-order valence-corrected chi connectivity index (χ1v) is 6.10. The first-order valence-electron chi connectivity index (χ1n) is 6.10. The van der Waals surface area contributed by atoms with Crippen molar-refractivity contribution >= 4 is 5.91 Å². The molecule has 1 aromatic rings. The predicted octanol–water partition coefficient (Wildman–Crippen LogP) is 0.205. The van der Waals surface area contributed by atoms with Gasteiger partial charge in [-0.05, 0) is 42.5 Å². The molecule has 0 aliphatic heterocycles. The van der Waals surface area contributed by atoms with Crippen LogP contribution in [-0.4, -0.2) is 28.8 Å². The van der Waals surface area contributed by atoms with E-state index in [2.05, 4.69) is 5.32 Å². The summed E-state index contributed by atoms with van der Waals surface area (Å²) in [5, 5.41) is 22.0. The molecule has 1 amide bonds. The molecule has 0 heterocycles. The number of aliphatic hydroxyl groups is 1. The van der Waals surface area contributed by atoms with E-state index in [-0.39, 0.29) is 18.3 Å². The molecule has 0 saturated carbocycles. The molecule has 5 heteroatoms. The Labute approximate surface area is 106 Å². The number of nitrogens with two attached hydrogens (primary N) is 1. The van der Waals surface area contributed by atoms with Crippen molar-refractivity contribution in [1.82, 2.24) is 5.32 Å². The Kier molecular flexibility index (Phi) is 3.84. The molecule has 0 aromatic heterocycles. The van der Waals surface area contributed by atoms with Gasteiger partial charge in [-0.2, -0.15) is 0 Å². The summed E-state index contributed by atoms with van der Waals surface area (Å²) in [5.74, 6) is -0.448. The number of aryl methyl sites for hydroxylation is 1. The molecular weight excluding hydrogens is 232 g/mol. The molecule has 2 rings (SSSR count). The number of phenolic OH excluding ortho intramolecular Hbond substituents is 1. The van der Waals surface area contributed by atoms with Crippen LogP contribution >= 0.6 is 0 Å². The van der Waals surface area contributed by atoms with Crippen molar-refractivity contribution in [2.45, 2.75) is 31.4 Å². The fourth-order valence-electron chi connectivity index (χ4n) is 2.37. The van der Waals surface area contributed by atoms with Gasteiger partial charge in [0.05, 0.1) is 0 Å². The number of hydrogen-bond acceptors (Lipinski definition) is 4. The first kappa shape index (κ1) is 12.9. The van der Waals surface area contributed by atoms with Crippen molar-refractivity contribution in [2.24, 2.45) is 5.73 Å². The molecule has 1 aromatic carbocycles. The lowest BCUT2D eigenvalue weighted by Crippen LogP contribution is -2.39. The van der Waals surface area contributed by atoms with Gasteiger partial charge >= 0.3 is 0 Å². The van der Waals surface area contributed by atoms with Gasteiger partial charge in [-0.25, -0.2) is 0 Å². The Bertz CT molecular complexity index is 448. The van der Waals surface area contributed by atoms with Crippen LogP contribution in [0.4, 0.5) is 0 Å². The molecule has 1 aliphatic rings. The maximum Gasteiger partial charge on any atom is 0.247 e. The lowest BCUT2D eigenvalue weighted by Gasteiger charge is -2.27. The topological polar surface area (TPSA) is 95.6 Å². The van der Waals surface area contributed by atoms with E-state index in [0.29, 0.717) is 0 Å². The van der Waals surface area contributed by atoms with Gasteiger partial charge in [-0.1, -0.05) is 6.07 Å². The van der Waals surface area contributed by atoms with Crippen molar-refractivity contribution in [1.29, 1.82) is 0 Å². The normalized spacial score (nSPS) is 20.2. The highest BCUT2D eigenvalue weighted by Gasteiger charge is 2.21. The molecule has 98 valence electrons. The lowest BCUT2D eigenvalue weighted by atomic mass is 9.87. The number of nitrogens with one attached hydrogen (secondary N) is 1. The van der Waals surface area contributed by atoms with Crippen molar-refractivity contribution in [3.8, 4) is 5.75 Å². The number of primary amides is 1. The maximum absolute atomic E-state index is 10.8. The molecule has 1 aliphatic carbocycles. The highest BCUT2D eigenvalue weighted by atomic mass is 16.3. The number of fused-ring (bicyclic) bond motifs is 1. The zero-order valence-electron chi connectivity index (χ0n) is 10.1. The SMILES string of the molecule is NC(=O)C(O)CNC1CCCc2cc(O)ccc21. The maximum atomic E-state index is 10.8. The molecule has 2 atom stereocenters. The number of carbonyl (C=O) groups excluding carboxylic acids is 1. The second-order valence-electron chi connectivity index (χ2n) is 4.65. The van der Waals surface area contributed by atoms with Crippen LogP contribution in [0.1, 0.15) is 30.0 Å². The average molecular weight is 250 g/mol. The third-order valence-corrected chi connectivity index (χ3v) is 3.33. The fourth-order valence-corrected chi connectivity index (χ4v) is 2.37. The molecule has 0 radical (unpaired) electrons. The molecule has 5 nitrogen and oxygen atoms in total. The summed E-state index contributed by atoms with van der Waals surface area (Å²) in [6.45, 7) is 0.153. The monoisotopic (exact) mass is 250 g/mol. The summed E-state index contributed by atoms with van der Waals surface area (Å²) < 4.78 is 0. The Morgan fingerprint density at radius 3 is 3.06 bits per heavy atom. The Balaban J connectivity index is 2.06. The van der Waals surface area contributed by atoms with Gasteiger partial charge in [0.1, 0.15) is 11.9 Å². The molecule has 18 heavy (non-hydrogen) atoms. The van der Waals surface area contributed by atoms with Gasteiger partial charge in [0, 0.05) is 12.6 Å². The number of carbonyl (C=O) groups is 1. The highest BCUT2D eigenvalue weighted by molar-refractivity contribution is 5.78. The van der Waals surface area contributed by atoms with Crippen LogP contribution in [0, 0.1) is 0 Å². The molecule has 5 N–H and O–H groups in total. The zero-order valence-corrected chi connectivity index (χ0v) is 10.1. The van der Waals surface area contributed by atoms with E-state index >= 15 is 0 Å². The number of rotatable bonds is 4. The zero-order chi connectivity index (χ0) is 13.1. The smallest absolute Gasteiger partial charge is 0.247 e. The Hall–Kier alpha value is -1.59. The lowest BCUT2D eigenvalue weighted by molar-refractivity contribution is -0.125. The number of amides is 1. The van der Waals surface area contributed by atoms with E-state index < -0.39 is 12.0 Å². The van der Waals surface area contributed by atoms with E-state index in [0.717, 1.165) is 30.4 Å². The van der Waals surface area contributed by atoms with E-state index in [9.17, 15) is 15.0 Å². The van der Waals surface area contributed by atoms with Crippen LogP contribution in [0.15, 0.2) is 18.2 Å². The molecule has 2 unspecified atom stereocenters. The number of benzene rings is 1. The standard InChI is InChI=1S/C13H18N2O3/c14-13(18)12(17)7-15-11-3-1-2-8-6-9(16)4-5-10(8)11/h4-6,11-12,15-17H,1-3,7H2,(H2,14,18). The summed E-state index contributed by atoms with van der Waals surface area (Å²) in [7, 11) is 0. The second kappa shape index (κ2) is 5.37. The summed E-state index contributed by atoms with van der Waals surface area (Å²) >= 11 is 0. The molecule has 0 bridgehead atoms. The largest absolute Gasteiger partial charge is 0.508 e. The first-order chi connectivity index (χ1) is 8.58. The number of aliphatic hydroxyl groups excluding tert-OH is 1. The highest BCUT2D eigenvalue weighted by Crippen LogP contribution is 2.31. The summed E-state index contributed by atoms with van der Waals surface area (Å²) in [4.78, 5) is 10.8. The van der Waals surface area contributed by atoms with Crippen molar-refractivity contribution < 1.29 is 15.0 Å². The van der Waals surface area contributed by atoms with Crippen LogP contribution in [0.3, 0.4) is 0 Å². The van der Waals surface area contributed by atoms with Crippen LogP contribution in [0.25, 0.3) is 0 Å². The predicted molar refractivity (Wildman–Crippen MR) is 67.0 cm³/mol. The summed E-state index contributed by atoms with van der Waals surface area (Å²) in [6.07, 6.45) is 1.75. The fraction of sp³-hybridized carbons (Fsp3) is 0.462. The van der Waals surface area contributed by atoms with Gasteiger partial charge in [0.2, 0.25) is 5.91 Å². The molecule has 0 saturated heterocycles. The van der Waals surface area contributed by atoms with Gasteiger partial charge in [-0.15, -0.1) is 0 Å². The molecular formula is C13H18N2O3. The van der Waals surface area contributed by atoms with E-state index in [1.807, 2.05) is 6.07 Å². The van der Waals surface area contributed by atoms with Crippen molar-refractivity contribution in [2.75, 3.05) is 6.54 Å². The number of aromatic hydroxyl groups is 1. The summed E-state index contributed by atoms with van der Waals surface area (Å²) in [6, 6.07) is 5.41. The minimum atomic E-state index is -1.16. The minimum absolute atomic E-state index is 0.100. The van der Waals surface area contributed by atoms with Crippen molar-refractivity contribution in [3.05, 3.63) is 29.3 Å². The Morgan fingerprint density at radius 2 is 2.33 bits per heavy atom. The minimum Gasteiger partial charge on any atom is -0.508 e. The van der Waals surface area contributed by atoms with Crippen LogP contribution < -0.4 is 11.1 Å². The van der Waals surface area contributed by atoms with Crippen LogP contribution in [-0.2, 0) is 11.2 Å². The quantitative estimate of drug-likeness (QED) is 0.614. The third kappa shape index (κ3) is 2.80. The molecule has 0 fully saturated rings. The van der Waals surface area contributed by atoms with Crippen LogP contribution in [0.5, 0.6) is 5.75 Å². The van der Waals surface area contributed by atoms with E-state index in [1.165, 1.54) is 0 Å². The molecule has 0 spiro atoms. The van der Waals surface area contributed by atoms with Gasteiger partial charge in [-0.3, -0.25) is 4.79 Å². The van der Waals surface area contributed by atoms with Gasteiger partial charge in [0.25, 0.3) is 0 Å². The van der Waals surface area contributed by atoms with Crippen LogP contribution in [0.2, 0.25) is 0 Å². The number of hydrogen-bond donors (Lipinski definition) is 4. The number of phenols is 1.